The topological polar surface area (TPSA) is 124 Å². The number of hydrogen-bond acceptors (Lipinski definition) is 7. The maximum absolute atomic E-state index is 13.1. The van der Waals surface area contributed by atoms with E-state index >= 15 is 0 Å². The van der Waals surface area contributed by atoms with Crippen LogP contribution in [0, 0.1) is 0 Å². The largest absolute Gasteiger partial charge is 0.394 e. The average Bonchev–Trinajstić information content (AvgIpc) is 3.03. The van der Waals surface area contributed by atoms with Gasteiger partial charge in [-0.2, -0.15) is 0 Å². The third kappa shape index (κ3) is 3.31. The van der Waals surface area contributed by atoms with E-state index in [0.29, 0.717) is 0 Å². The molecule has 2 aromatic rings. The van der Waals surface area contributed by atoms with Gasteiger partial charge >= 0.3 is 0 Å². The minimum atomic E-state index is -2.88. The standard InChI is InChI=1S/C20H20O7/c21-11-14-15(22)16(23)19(27-14)20(26,17(24)12-7-3-1-4-8-12)18(25)13-9-5-2-6-10-13/h1-10,14-16,19,21-23,26H,11H2/t14-,15+,16-,19-/m0/s1/i11D/t11?,14-,15+,16-,19-. The van der Waals surface area contributed by atoms with E-state index in [4.69, 9.17) is 6.11 Å². The number of aliphatic hydroxyl groups is 4. The summed E-state index contributed by atoms with van der Waals surface area (Å²) in [5.41, 5.74) is -2.89. The first-order chi connectivity index (χ1) is 13.3. The Balaban J connectivity index is 2.10. The molecule has 0 aromatic heterocycles. The number of rotatable bonds is 6. The molecule has 0 radical (unpaired) electrons. The Labute approximate surface area is 156 Å². The van der Waals surface area contributed by atoms with Crippen molar-refractivity contribution in [2.45, 2.75) is 30.0 Å². The summed E-state index contributed by atoms with van der Waals surface area (Å²) in [7, 11) is 0. The second kappa shape index (κ2) is 7.67. The highest BCUT2D eigenvalue weighted by Gasteiger charge is 2.60. The summed E-state index contributed by atoms with van der Waals surface area (Å²) in [6.07, 6.45) is -7.13. The van der Waals surface area contributed by atoms with Crippen LogP contribution in [-0.2, 0) is 4.74 Å². The SMILES string of the molecule is [2H]C(O)[C@@H]1O[C@H](C(O)(C(=O)c2ccccc2)C(=O)c2ccccc2)[C@@H](O)[C@@H]1O. The van der Waals surface area contributed by atoms with Gasteiger partial charge in [-0.3, -0.25) is 9.59 Å². The van der Waals surface area contributed by atoms with E-state index in [-0.39, 0.29) is 11.1 Å². The van der Waals surface area contributed by atoms with Gasteiger partial charge in [-0.25, -0.2) is 0 Å². The molecule has 3 rings (SSSR count). The third-order valence-corrected chi connectivity index (χ3v) is 4.62. The number of carbonyl (C=O) groups excluding carboxylic acids is 2. The molecule has 142 valence electrons. The predicted molar refractivity (Wildman–Crippen MR) is 94.3 cm³/mol. The maximum atomic E-state index is 13.1. The van der Waals surface area contributed by atoms with Crippen molar-refractivity contribution >= 4 is 11.6 Å². The molecule has 1 saturated heterocycles. The third-order valence-electron chi connectivity index (χ3n) is 4.62. The van der Waals surface area contributed by atoms with Gasteiger partial charge in [0.05, 0.1) is 7.95 Å². The van der Waals surface area contributed by atoms with Gasteiger partial charge in [-0.15, -0.1) is 0 Å². The summed E-state index contributed by atoms with van der Waals surface area (Å²) in [5.74, 6) is -2.06. The zero-order valence-corrected chi connectivity index (χ0v) is 14.2. The number of ether oxygens (including phenoxy) is 1. The first kappa shape index (κ1) is 18.0. The molecule has 1 aliphatic rings. The smallest absolute Gasteiger partial charge is 0.219 e. The van der Waals surface area contributed by atoms with Crippen LogP contribution in [0.1, 0.15) is 22.1 Å². The van der Waals surface area contributed by atoms with Crippen molar-refractivity contribution in [3.63, 3.8) is 0 Å². The molecular weight excluding hydrogens is 352 g/mol. The lowest BCUT2D eigenvalue weighted by molar-refractivity contribution is -0.0949. The second-order valence-electron chi connectivity index (χ2n) is 6.31. The molecule has 1 heterocycles. The van der Waals surface area contributed by atoms with Crippen LogP contribution in [-0.4, -0.2) is 68.6 Å². The van der Waals surface area contributed by atoms with Gasteiger partial charge in [0.25, 0.3) is 0 Å². The number of aliphatic hydroxyl groups excluding tert-OH is 3. The van der Waals surface area contributed by atoms with E-state index in [1.807, 2.05) is 0 Å². The van der Waals surface area contributed by atoms with Crippen LogP contribution in [0.4, 0.5) is 0 Å². The van der Waals surface area contributed by atoms with Gasteiger partial charge in [0.1, 0.15) is 24.4 Å². The van der Waals surface area contributed by atoms with E-state index in [9.17, 15) is 30.0 Å². The maximum Gasteiger partial charge on any atom is 0.219 e. The molecule has 2 aromatic carbocycles. The first-order valence-corrected chi connectivity index (χ1v) is 8.32. The monoisotopic (exact) mass is 373 g/mol. The van der Waals surface area contributed by atoms with Crippen molar-refractivity contribution in [1.82, 2.24) is 0 Å². The number of benzene rings is 2. The summed E-state index contributed by atoms with van der Waals surface area (Å²) in [5, 5.41) is 41.2. The first-order valence-electron chi connectivity index (χ1n) is 8.90. The van der Waals surface area contributed by atoms with Crippen LogP contribution >= 0.6 is 0 Å². The summed E-state index contributed by atoms with van der Waals surface area (Å²) in [6, 6.07) is 15.0. The van der Waals surface area contributed by atoms with Crippen LogP contribution in [0.25, 0.3) is 0 Å². The summed E-state index contributed by atoms with van der Waals surface area (Å²) >= 11 is 0. The molecule has 0 saturated carbocycles. The number of hydrogen-bond donors (Lipinski definition) is 4. The lowest BCUT2D eigenvalue weighted by atomic mass is 9.79. The van der Waals surface area contributed by atoms with E-state index in [0.717, 1.165) is 0 Å². The average molecular weight is 373 g/mol. The van der Waals surface area contributed by atoms with E-state index in [1.165, 1.54) is 48.5 Å². The molecule has 1 fully saturated rings. The Kier molecular flexibility index (Phi) is 5.11. The molecule has 1 unspecified atom stereocenters. The van der Waals surface area contributed by atoms with Crippen LogP contribution in [0.5, 0.6) is 0 Å². The van der Waals surface area contributed by atoms with E-state index < -0.39 is 48.2 Å². The fourth-order valence-electron chi connectivity index (χ4n) is 3.15. The van der Waals surface area contributed by atoms with Crippen molar-refractivity contribution in [3.8, 4) is 0 Å². The number of ketones is 2. The molecule has 0 aliphatic carbocycles. The lowest BCUT2D eigenvalue weighted by Gasteiger charge is -2.32. The molecule has 0 spiro atoms. The Bertz CT molecular complexity index is 789. The predicted octanol–water partition coefficient (Wildman–Crippen LogP) is -0.0352. The minimum Gasteiger partial charge on any atom is -0.394 e. The molecule has 4 N–H and O–H groups in total. The summed E-state index contributed by atoms with van der Waals surface area (Å²) in [6.45, 7) is -1.95. The highest BCUT2D eigenvalue weighted by atomic mass is 16.6. The van der Waals surface area contributed by atoms with Crippen LogP contribution in [0.3, 0.4) is 0 Å². The van der Waals surface area contributed by atoms with Crippen LogP contribution in [0.15, 0.2) is 60.7 Å². The molecular formula is C20H20O7. The Morgan fingerprint density at radius 1 is 0.926 bits per heavy atom. The fraction of sp³-hybridized carbons (Fsp3) is 0.300. The Morgan fingerprint density at radius 3 is 1.74 bits per heavy atom. The Morgan fingerprint density at radius 2 is 1.37 bits per heavy atom. The van der Waals surface area contributed by atoms with Crippen LogP contribution < -0.4 is 0 Å². The zero-order valence-electron chi connectivity index (χ0n) is 15.2. The summed E-state index contributed by atoms with van der Waals surface area (Å²) in [4.78, 5) is 26.3. The van der Waals surface area contributed by atoms with Crippen molar-refractivity contribution in [1.29, 1.82) is 0 Å². The second-order valence-corrected chi connectivity index (χ2v) is 6.31. The number of carbonyl (C=O) groups is 2. The molecule has 1 aliphatic heterocycles. The molecule has 0 bridgehead atoms. The van der Waals surface area contributed by atoms with Crippen molar-refractivity contribution in [2.75, 3.05) is 6.58 Å². The minimum absolute atomic E-state index is 0.00515. The lowest BCUT2D eigenvalue weighted by Crippen LogP contribution is -2.60. The Hall–Kier alpha value is -2.42. The summed E-state index contributed by atoms with van der Waals surface area (Å²) < 4.78 is 12.6. The quantitative estimate of drug-likeness (QED) is 0.414. The highest BCUT2D eigenvalue weighted by Crippen LogP contribution is 2.34. The van der Waals surface area contributed by atoms with Gasteiger partial charge < -0.3 is 25.2 Å². The fourth-order valence-corrected chi connectivity index (χ4v) is 3.15. The van der Waals surface area contributed by atoms with E-state index in [1.54, 1.807) is 12.1 Å². The van der Waals surface area contributed by atoms with Crippen LogP contribution in [0.2, 0.25) is 0 Å². The van der Waals surface area contributed by atoms with Crippen molar-refractivity contribution in [2.24, 2.45) is 0 Å². The van der Waals surface area contributed by atoms with E-state index in [2.05, 4.69) is 0 Å². The molecule has 27 heavy (non-hydrogen) atoms. The molecule has 7 nitrogen and oxygen atoms in total. The van der Waals surface area contributed by atoms with Gasteiger partial charge in [0, 0.05) is 11.1 Å². The molecule has 7 heteroatoms. The zero-order chi connectivity index (χ0) is 20.5. The molecule has 5 atom stereocenters. The van der Waals surface area contributed by atoms with Crippen molar-refractivity contribution < 1.29 is 36.1 Å². The van der Waals surface area contributed by atoms with Gasteiger partial charge in [0.2, 0.25) is 17.2 Å². The molecule has 0 amide bonds. The highest BCUT2D eigenvalue weighted by molar-refractivity contribution is 6.23. The normalized spacial score (nSPS) is 27.0. The van der Waals surface area contributed by atoms with Gasteiger partial charge in [-0.05, 0) is 0 Å². The van der Waals surface area contributed by atoms with Gasteiger partial charge in [0.15, 0.2) is 0 Å². The number of Topliss-reactive ketones (excluding diaryl/α,β-unsaturated/α-hetero) is 2. The van der Waals surface area contributed by atoms with Gasteiger partial charge in [-0.1, -0.05) is 60.7 Å². The van der Waals surface area contributed by atoms with Crippen molar-refractivity contribution in [3.05, 3.63) is 71.8 Å².